The van der Waals surface area contributed by atoms with Crippen LogP contribution in [0.25, 0.3) is 10.7 Å². The van der Waals surface area contributed by atoms with E-state index < -0.39 is 11.9 Å². The Hall–Kier alpha value is -3.39. The van der Waals surface area contributed by atoms with Gasteiger partial charge in [-0.15, -0.1) is 0 Å². The predicted molar refractivity (Wildman–Crippen MR) is 85.1 cm³/mol. The fourth-order valence-corrected chi connectivity index (χ4v) is 2.18. The smallest absolute Gasteiger partial charge is 0.354 e. The third kappa shape index (κ3) is 3.81. The number of carboxylic acid groups (broad SMARTS) is 1. The summed E-state index contributed by atoms with van der Waals surface area (Å²) in [5, 5.41) is 22.6. The van der Waals surface area contributed by atoms with Crippen LogP contribution in [-0.2, 0) is 20.1 Å². The van der Waals surface area contributed by atoms with Crippen LogP contribution in [0.3, 0.4) is 0 Å². The van der Waals surface area contributed by atoms with E-state index in [1.54, 1.807) is 24.3 Å². The first-order valence-corrected chi connectivity index (χ1v) is 7.05. The van der Waals surface area contributed by atoms with Crippen LogP contribution in [-0.4, -0.2) is 30.8 Å². The first-order chi connectivity index (χ1) is 12.1. The minimum Gasteiger partial charge on any atom is -0.477 e. The van der Waals surface area contributed by atoms with Crippen LogP contribution in [0.2, 0.25) is 0 Å². The second kappa shape index (κ2) is 8.13. The SMILES string of the molecule is [C-]#[N+]c1c[c-]n(-c2cccc(C(C#N)c3cccc(C(=O)O)n3)n2)n1.[Ir]. The Morgan fingerprint density at radius 2 is 1.96 bits per heavy atom. The van der Waals surface area contributed by atoms with Crippen LogP contribution in [0.15, 0.2) is 42.5 Å². The molecule has 0 saturated carbocycles. The van der Waals surface area contributed by atoms with Crippen molar-refractivity contribution in [2.45, 2.75) is 5.92 Å². The van der Waals surface area contributed by atoms with E-state index in [9.17, 15) is 10.1 Å². The normalized spacial score (nSPS) is 10.8. The van der Waals surface area contributed by atoms with Crippen molar-refractivity contribution in [3.63, 3.8) is 0 Å². The second-order valence-corrected chi connectivity index (χ2v) is 4.89. The number of rotatable bonds is 4. The van der Waals surface area contributed by atoms with Gasteiger partial charge in [0.25, 0.3) is 0 Å². The molecule has 0 fully saturated rings. The van der Waals surface area contributed by atoms with Crippen molar-refractivity contribution in [1.82, 2.24) is 19.7 Å². The fraction of sp³-hybridized carbons (Fsp3) is 0.0588. The molecule has 0 aliphatic rings. The number of aromatic nitrogens is 4. The van der Waals surface area contributed by atoms with Gasteiger partial charge in [-0.1, -0.05) is 24.8 Å². The molecular weight excluding hydrogens is 512 g/mol. The van der Waals surface area contributed by atoms with Crippen LogP contribution in [0, 0.1) is 24.1 Å². The number of nitriles is 1. The molecule has 0 spiro atoms. The first-order valence-electron chi connectivity index (χ1n) is 7.05. The average Bonchev–Trinajstić information content (AvgIpc) is 3.12. The van der Waals surface area contributed by atoms with E-state index >= 15 is 0 Å². The van der Waals surface area contributed by atoms with E-state index in [1.807, 2.05) is 0 Å². The van der Waals surface area contributed by atoms with Gasteiger partial charge in [0.2, 0.25) is 0 Å². The summed E-state index contributed by atoms with van der Waals surface area (Å²) in [7, 11) is 0. The van der Waals surface area contributed by atoms with Crippen molar-refractivity contribution in [1.29, 1.82) is 5.26 Å². The molecule has 0 amide bonds. The third-order valence-corrected chi connectivity index (χ3v) is 3.32. The number of hydrogen-bond acceptors (Lipinski definition) is 5. The maximum Gasteiger partial charge on any atom is 0.354 e. The van der Waals surface area contributed by atoms with Gasteiger partial charge in [0, 0.05) is 20.1 Å². The summed E-state index contributed by atoms with van der Waals surface area (Å²) >= 11 is 0. The minimum absolute atomic E-state index is 0. The summed E-state index contributed by atoms with van der Waals surface area (Å²) < 4.78 is 1.31. The molecule has 0 aromatic carbocycles. The summed E-state index contributed by atoms with van der Waals surface area (Å²) in [5.41, 5.74) is 0.539. The quantitative estimate of drug-likeness (QED) is 0.528. The van der Waals surface area contributed by atoms with Crippen molar-refractivity contribution in [3.8, 4) is 11.9 Å². The Morgan fingerprint density at radius 1 is 1.27 bits per heavy atom. The number of nitrogens with zero attached hydrogens (tertiary/aromatic N) is 6. The molecule has 0 aliphatic heterocycles. The molecule has 0 aliphatic carbocycles. The summed E-state index contributed by atoms with van der Waals surface area (Å²) in [6.07, 6.45) is 2.77. The number of hydrogen-bond donors (Lipinski definition) is 1. The summed E-state index contributed by atoms with van der Waals surface area (Å²) in [6.45, 7) is 6.94. The fourth-order valence-electron chi connectivity index (χ4n) is 2.18. The zero-order chi connectivity index (χ0) is 17.8. The Labute approximate surface area is 161 Å². The van der Waals surface area contributed by atoms with Crippen LogP contribution in [0.1, 0.15) is 27.8 Å². The van der Waals surface area contributed by atoms with Gasteiger partial charge in [-0.2, -0.15) is 5.26 Å². The summed E-state index contributed by atoms with van der Waals surface area (Å²) in [4.78, 5) is 22.7. The van der Waals surface area contributed by atoms with Crippen molar-refractivity contribution < 1.29 is 30.0 Å². The van der Waals surface area contributed by atoms with Gasteiger partial charge in [-0.3, -0.25) is 4.98 Å². The Kier molecular flexibility index (Phi) is 5.92. The van der Waals surface area contributed by atoms with Crippen LogP contribution < -0.4 is 0 Å². The molecule has 3 aromatic rings. The standard InChI is InChI=1S/C17H9N6O2.Ir/c1-19-15-8-9-23(22-15)16-7-3-5-13(21-16)11(10-18)12-4-2-6-14(20-12)17(24)25;/h2-8,11H,(H,24,25);/q-1;. The van der Waals surface area contributed by atoms with E-state index in [4.69, 9.17) is 11.7 Å². The van der Waals surface area contributed by atoms with Gasteiger partial charge < -0.3 is 9.95 Å². The molecule has 8 nitrogen and oxygen atoms in total. The average molecular weight is 522 g/mol. The molecule has 1 radical (unpaired) electrons. The van der Waals surface area contributed by atoms with Crippen molar-refractivity contribution in [2.75, 3.05) is 0 Å². The van der Waals surface area contributed by atoms with E-state index in [2.05, 4.69) is 32.2 Å². The van der Waals surface area contributed by atoms with Crippen LogP contribution in [0.5, 0.6) is 0 Å². The number of pyridine rings is 2. The second-order valence-electron chi connectivity index (χ2n) is 4.89. The largest absolute Gasteiger partial charge is 0.477 e. The summed E-state index contributed by atoms with van der Waals surface area (Å²) in [5.74, 6) is -1.44. The van der Waals surface area contributed by atoms with E-state index in [0.29, 0.717) is 17.2 Å². The van der Waals surface area contributed by atoms with E-state index in [-0.39, 0.29) is 31.6 Å². The maximum atomic E-state index is 11.1. The van der Waals surface area contributed by atoms with Gasteiger partial charge in [-0.25, -0.2) is 14.5 Å². The van der Waals surface area contributed by atoms with Crippen molar-refractivity contribution in [3.05, 3.63) is 77.2 Å². The van der Waals surface area contributed by atoms with E-state index in [1.165, 1.54) is 22.9 Å². The molecule has 3 aromatic heterocycles. The van der Waals surface area contributed by atoms with Gasteiger partial charge in [0.1, 0.15) is 11.6 Å². The topological polar surface area (TPSA) is 109 Å². The molecule has 1 N–H and O–H groups in total. The number of carbonyl (C=O) groups is 1. The molecule has 26 heavy (non-hydrogen) atoms. The maximum absolute atomic E-state index is 11.1. The van der Waals surface area contributed by atoms with Crippen LogP contribution >= 0.6 is 0 Å². The Morgan fingerprint density at radius 3 is 2.58 bits per heavy atom. The van der Waals surface area contributed by atoms with Gasteiger partial charge in [-0.05, 0) is 35.6 Å². The van der Waals surface area contributed by atoms with Crippen molar-refractivity contribution in [2.24, 2.45) is 0 Å². The van der Waals surface area contributed by atoms with Gasteiger partial charge >= 0.3 is 11.8 Å². The third-order valence-electron chi connectivity index (χ3n) is 3.32. The molecule has 0 saturated heterocycles. The Balaban J connectivity index is 0.00000243. The molecule has 129 valence electrons. The molecule has 0 bridgehead atoms. The van der Waals surface area contributed by atoms with Gasteiger partial charge in [0.05, 0.1) is 23.3 Å². The predicted octanol–water partition coefficient (Wildman–Crippen LogP) is 2.36. The monoisotopic (exact) mass is 522 g/mol. The van der Waals surface area contributed by atoms with E-state index in [0.717, 1.165) is 0 Å². The minimum atomic E-state index is -1.17. The first kappa shape index (κ1) is 18.9. The number of carboxylic acids is 1. The molecule has 9 heteroatoms. The molecule has 1 unspecified atom stereocenters. The number of aromatic carboxylic acids is 1. The summed E-state index contributed by atoms with van der Waals surface area (Å²) in [6, 6.07) is 13.0. The zero-order valence-electron chi connectivity index (χ0n) is 13.0. The molecule has 1 atom stereocenters. The molecular formula is C17H9IrN6O2-. The zero-order valence-corrected chi connectivity index (χ0v) is 15.4. The molecule has 3 rings (SSSR count). The van der Waals surface area contributed by atoms with Crippen LogP contribution in [0.4, 0.5) is 5.82 Å². The molecule has 3 heterocycles. The van der Waals surface area contributed by atoms with Crippen molar-refractivity contribution >= 4 is 11.8 Å². The Bertz CT molecular complexity index is 1030. The van der Waals surface area contributed by atoms with Gasteiger partial charge in [0.15, 0.2) is 0 Å².